The first kappa shape index (κ1) is 13.6. The van der Waals surface area contributed by atoms with E-state index in [9.17, 15) is 13.2 Å². The first-order valence-electron chi connectivity index (χ1n) is 5.32. The van der Waals surface area contributed by atoms with Crippen molar-refractivity contribution in [3.05, 3.63) is 54.0 Å². The molecule has 0 aliphatic carbocycles. The second-order valence-electron chi connectivity index (χ2n) is 3.73. The lowest BCUT2D eigenvalue weighted by Crippen LogP contribution is -2.22. The topological polar surface area (TPSA) is 76.4 Å². The van der Waals surface area contributed by atoms with Gasteiger partial charge in [0.2, 0.25) is 0 Å². The molecule has 1 aromatic carbocycles. The Morgan fingerprint density at radius 2 is 2.05 bits per heavy atom. The number of halogens is 1. The summed E-state index contributed by atoms with van der Waals surface area (Å²) < 4.78 is 27.4. The van der Waals surface area contributed by atoms with E-state index in [4.69, 9.17) is 15.1 Å². The molecule has 0 spiro atoms. The SMILES string of the molecule is O=C(NCc1ccco1)c1cccc(S(=O)(=O)Cl)c1. The summed E-state index contributed by atoms with van der Waals surface area (Å²) in [5.74, 6) is 0.202. The maximum absolute atomic E-state index is 11.8. The molecule has 0 saturated carbocycles. The van der Waals surface area contributed by atoms with Crippen LogP contribution in [-0.4, -0.2) is 14.3 Å². The predicted octanol–water partition coefficient (Wildman–Crippen LogP) is 2.14. The van der Waals surface area contributed by atoms with E-state index in [1.165, 1.54) is 30.5 Å². The average molecular weight is 300 g/mol. The maximum Gasteiger partial charge on any atom is 0.261 e. The van der Waals surface area contributed by atoms with Crippen LogP contribution in [0.25, 0.3) is 0 Å². The minimum atomic E-state index is -3.84. The van der Waals surface area contributed by atoms with Gasteiger partial charge in [0.15, 0.2) is 0 Å². The standard InChI is InChI=1S/C12H10ClNO4S/c13-19(16,17)11-5-1-3-9(7-11)12(15)14-8-10-4-2-6-18-10/h1-7H,8H2,(H,14,15). The quantitative estimate of drug-likeness (QED) is 0.878. The van der Waals surface area contributed by atoms with Crippen LogP contribution in [0.3, 0.4) is 0 Å². The van der Waals surface area contributed by atoms with Crippen molar-refractivity contribution in [1.29, 1.82) is 0 Å². The van der Waals surface area contributed by atoms with Crippen LogP contribution in [0.4, 0.5) is 0 Å². The van der Waals surface area contributed by atoms with E-state index < -0.39 is 15.0 Å². The lowest BCUT2D eigenvalue weighted by Gasteiger charge is -2.04. The largest absolute Gasteiger partial charge is 0.467 e. The van der Waals surface area contributed by atoms with Crippen LogP contribution in [0.15, 0.2) is 52.0 Å². The van der Waals surface area contributed by atoms with Gasteiger partial charge >= 0.3 is 0 Å². The molecule has 1 amide bonds. The molecule has 0 radical (unpaired) electrons. The molecule has 19 heavy (non-hydrogen) atoms. The number of carbonyl (C=O) groups excluding carboxylic acids is 1. The number of furan rings is 1. The number of carbonyl (C=O) groups is 1. The Bertz CT molecular complexity index is 680. The number of nitrogens with one attached hydrogen (secondary N) is 1. The molecule has 7 heteroatoms. The molecular weight excluding hydrogens is 290 g/mol. The Labute approximate surface area is 114 Å². The Morgan fingerprint density at radius 3 is 2.68 bits per heavy atom. The van der Waals surface area contributed by atoms with Gasteiger partial charge in [0.05, 0.1) is 17.7 Å². The third-order valence-electron chi connectivity index (χ3n) is 2.38. The smallest absolute Gasteiger partial charge is 0.261 e. The molecule has 0 saturated heterocycles. The number of benzene rings is 1. The number of rotatable bonds is 4. The second-order valence-corrected chi connectivity index (χ2v) is 6.29. The van der Waals surface area contributed by atoms with E-state index in [1.54, 1.807) is 12.1 Å². The molecule has 0 aliphatic heterocycles. The number of hydrogen-bond donors (Lipinski definition) is 1. The van der Waals surface area contributed by atoms with Gasteiger partial charge < -0.3 is 9.73 Å². The lowest BCUT2D eigenvalue weighted by atomic mass is 10.2. The van der Waals surface area contributed by atoms with Gasteiger partial charge in [0.25, 0.3) is 15.0 Å². The molecule has 2 aromatic rings. The molecule has 0 atom stereocenters. The Hall–Kier alpha value is -1.79. The van der Waals surface area contributed by atoms with Gasteiger partial charge in [-0.15, -0.1) is 0 Å². The minimum absolute atomic E-state index is 0.111. The highest BCUT2D eigenvalue weighted by Gasteiger charge is 2.13. The van der Waals surface area contributed by atoms with Gasteiger partial charge in [0, 0.05) is 16.2 Å². The zero-order chi connectivity index (χ0) is 13.9. The molecule has 0 fully saturated rings. The summed E-state index contributed by atoms with van der Waals surface area (Å²) in [6.45, 7) is 0.226. The van der Waals surface area contributed by atoms with Gasteiger partial charge in [-0.05, 0) is 30.3 Å². The number of amides is 1. The summed E-state index contributed by atoms with van der Waals surface area (Å²) in [5, 5.41) is 2.61. The van der Waals surface area contributed by atoms with E-state index in [0.29, 0.717) is 5.76 Å². The van der Waals surface area contributed by atoms with Crippen LogP contribution >= 0.6 is 10.7 Å². The third kappa shape index (κ3) is 3.59. The predicted molar refractivity (Wildman–Crippen MR) is 69.4 cm³/mol. The van der Waals surface area contributed by atoms with Crippen LogP contribution < -0.4 is 5.32 Å². The van der Waals surface area contributed by atoms with Gasteiger partial charge in [-0.2, -0.15) is 0 Å². The Morgan fingerprint density at radius 1 is 1.26 bits per heavy atom. The first-order chi connectivity index (χ1) is 8.97. The van der Waals surface area contributed by atoms with Crippen LogP contribution in [0.2, 0.25) is 0 Å². The fourth-order valence-corrected chi connectivity index (χ4v) is 2.27. The van der Waals surface area contributed by atoms with Crippen molar-refractivity contribution in [2.24, 2.45) is 0 Å². The van der Waals surface area contributed by atoms with Crippen LogP contribution in [-0.2, 0) is 15.6 Å². The van der Waals surface area contributed by atoms with E-state index in [2.05, 4.69) is 5.32 Å². The highest BCUT2D eigenvalue weighted by Crippen LogP contribution is 2.16. The number of hydrogen-bond acceptors (Lipinski definition) is 4. The Kier molecular flexibility index (Phi) is 3.92. The summed E-state index contributed by atoms with van der Waals surface area (Å²) in [5.41, 5.74) is 0.216. The molecule has 1 N–H and O–H groups in total. The molecule has 1 aromatic heterocycles. The van der Waals surface area contributed by atoms with Crippen molar-refractivity contribution in [2.45, 2.75) is 11.4 Å². The van der Waals surface area contributed by atoms with E-state index in [-0.39, 0.29) is 17.0 Å². The molecule has 0 bridgehead atoms. The second kappa shape index (κ2) is 5.46. The average Bonchev–Trinajstić information content (AvgIpc) is 2.88. The molecule has 100 valence electrons. The van der Waals surface area contributed by atoms with Crippen LogP contribution in [0.1, 0.15) is 16.1 Å². The van der Waals surface area contributed by atoms with Gasteiger partial charge in [-0.25, -0.2) is 8.42 Å². The van der Waals surface area contributed by atoms with Crippen molar-refractivity contribution in [3.8, 4) is 0 Å². The van der Waals surface area contributed by atoms with E-state index >= 15 is 0 Å². The molecular formula is C12H10ClNO4S. The van der Waals surface area contributed by atoms with Crippen LogP contribution in [0.5, 0.6) is 0 Å². The highest BCUT2D eigenvalue weighted by molar-refractivity contribution is 8.13. The minimum Gasteiger partial charge on any atom is -0.467 e. The fourth-order valence-electron chi connectivity index (χ4n) is 1.47. The first-order valence-corrected chi connectivity index (χ1v) is 7.63. The fraction of sp³-hybridized carbons (Fsp3) is 0.0833. The van der Waals surface area contributed by atoms with Gasteiger partial charge in [-0.3, -0.25) is 4.79 Å². The molecule has 0 aliphatic rings. The molecule has 2 rings (SSSR count). The summed E-state index contributed by atoms with van der Waals surface area (Å²) in [6, 6.07) is 8.94. The molecule has 5 nitrogen and oxygen atoms in total. The normalized spacial score (nSPS) is 11.2. The lowest BCUT2D eigenvalue weighted by molar-refractivity contribution is 0.0948. The summed E-state index contributed by atoms with van der Waals surface area (Å²) in [4.78, 5) is 11.7. The van der Waals surface area contributed by atoms with Crippen molar-refractivity contribution in [1.82, 2.24) is 5.32 Å². The molecule has 1 heterocycles. The van der Waals surface area contributed by atoms with Gasteiger partial charge in [-0.1, -0.05) is 6.07 Å². The zero-order valence-electron chi connectivity index (χ0n) is 9.67. The zero-order valence-corrected chi connectivity index (χ0v) is 11.2. The third-order valence-corrected chi connectivity index (χ3v) is 3.73. The maximum atomic E-state index is 11.8. The van der Waals surface area contributed by atoms with Crippen LogP contribution in [0, 0.1) is 0 Å². The van der Waals surface area contributed by atoms with Gasteiger partial charge in [0.1, 0.15) is 5.76 Å². The summed E-state index contributed by atoms with van der Waals surface area (Å²) >= 11 is 0. The highest BCUT2D eigenvalue weighted by atomic mass is 35.7. The summed E-state index contributed by atoms with van der Waals surface area (Å²) in [6.07, 6.45) is 1.50. The van der Waals surface area contributed by atoms with E-state index in [0.717, 1.165) is 0 Å². The molecule has 0 unspecified atom stereocenters. The Balaban J connectivity index is 2.11. The van der Waals surface area contributed by atoms with E-state index in [1.807, 2.05) is 0 Å². The van der Waals surface area contributed by atoms with Crippen molar-refractivity contribution in [2.75, 3.05) is 0 Å². The summed E-state index contributed by atoms with van der Waals surface area (Å²) in [7, 11) is 1.38. The van der Waals surface area contributed by atoms with Crippen molar-refractivity contribution in [3.63, 3.8) is 0 Å². The van der Waals surface area contributed by atoms with Crippen molar-refractivity contribution >= 4 is 25.6 Å². The monoisotopic (exact) mass is 299 g/mol. The van der Waals surface area contributed by atoms with Crippen molar-refractivity contribution < 1.29 is 17.6 Å².